The van der Waals surface area contributed by atoms with Gasteiger partial charge in [-0.05, 0) is 32.9 Å². The smallest absolute Gasteiger partial charge is 0.433 e. The third-order valence-electron chi connectivity index (χ3n) is 3.33. The van der Waals surface area contributed by atoms with Crippen LogP contribution < -0.4 is 4.90 Å². The second-order valence-corrected chi connectivity index (χ2v) is 6.35. The molecule has 0 saturated carbocycles. The van der Waals surface area contributed by atoms with E-state index in [9.17, 15) is 18.0 Å². The number of anilines is 1. The van der Waals surface area contributed by atoms with Crippen LogP contribution in [-0.4, -0.2) is 47.8 Å². The Hall–Kier alpha value is -1.99. The lowest BCUT2D eigenvalue weighted by atomic mass is 10.2. The zero-order chi connectivity index (χ0) is 19.3. The molecular formula is C17H26F3N3O2. The first-order valence-electron chi connectivity index (χ1n) is 8.32. The van der Waals surface area contributed by atoms with E-state index < -0.39 is 17.5 Å². The number of amides is 1. The first-order valence-corrected chi connectivity index (χ1v) is 8.32. The Bertz CT molecular complexity index is 546. The number of piperazine rings is 1. The van der Waals surface area contributed by atoms with Crippen LogP contribution in [0.5, 0.6) is 0 Å². The molecule has 0 unspecified atom stereocenters. The third-order valence-corrected chi connectivity index (χ3v) is 3.33. The summed E-state index contributed by atoms with van der Waals surface area (Å²) in [7, 11) is 0. The predicted molar refractivity (Wildman–Crippen MR) is 90.6 cm³/mol. The normalized spacial score (nSPS) is 15.4. The van der Waals surface area contributed by atoms with E-state index in [1.165, 1.54) is 12.3 Å². The lowest BCUT2D eigenvalue weighted by molar-refractivity contribution is -0.141. The van der Waals surface area contributed by atoms with Crippen LogP contribution >= 0.6 is 0 Å². The van der Waals surface area contributed by atoms with E-state index in [4.69, 9.17) is 4.74 Å². The monoisotopic (exact) mass is 361 g/mol. The molecule has 1 aliphatic rings. The van der Waals surface area contributed by atoms with E-state index >= 15 is 0 Å². The molecule has 142 valence electrons. The van der Waals surface area contributed by atoms with E-state index in [0.717, 1.165) is 6.07 Å². The maximum absolute atomic E-state index is 12.5. The molecule has 8 heteroatoms. The van der Waals surface area contributed by atoms with Crippen LogP contribution in [0.2, 0.25) is 0 Å². The molecule has 2 heterocycles. The summed E-state index contributed by atoms with van der Waals surface area (Å²) < 4.78 is 42.8. The number of carbonyl (C=O) groups excluding carboxylic acids is 1. The molecule has 5 nitrogen and oxygen atoms in total. The number of carbonyl (C=O) groups is 1. The Morgan fingerprint density at radius 3 is 2.04 bits per heavy atom. The summed E-state index contributed by atoms with van der Waals surface area (Å²) in [6, 6.07) is 2.37. The van der Waals surface area contributed by atoms with E-state index in [-0.39, 0.29) is 6.09 Å². The summed E-state index contributed by atoms with van der Waals surface area (Å²) in [6.07, 6.45) is -3.59. The van der Waals surface area contributed by atoms with E-state index in [0.29, 0.717) is 31.9 Å². The van der Waals surface area contributed by atoms with Crippen LogP contribution in [0, 0.1) is 0 Å². The van der Waals surface area contributed by atoms with Crippen molar-refractivity contribution in [1.29, 1.82) is 0 Å². The van der Waals surface area contributed by atoms with Crippen molar-refractivity contribution in [2.75, 3.05) is 31.1 Å². The van der Waals surface area contributed by atoms with E-state index in [1.807, 2.05) is 18.7 Å². The van der Waals surface area contributed by atoms with Crippen LogP contribution in [0.1, 0.15) is 40.3 Å². The SMILES string of the molecule is CC.CC(C)(C)OC(=O)N1CCN(c2ccc(C(F)(F)F)nc2)CC1. The van der Waals surface area contributed by atoms with Gasteiger partial charge in [-0.1, -0.05) is 13.8 Å². The molecule has 1 fully saturated rings. The number of hydrogen-bond acceptors (Lipinski definition) is 4. The fraction of sp³-hybridized carbons (Fsp3) is 0.647. The lowest BCUT2D eigenvalue weighted by Gasteiger charge is -2.36. The molecule has 1 aromatic rings. The summed E-state index contributed by atoms with van der Waals surface area (Å²) in [5.74, 6) is 0. The van der Waals surface area contributed by atoms with Gasteiger partial charge in [0.1, 0.15) is 11.3 Å². The molecule has 1 aromatic heterocycles. The van der Waals surface area contributed by atoms with Crippen LogP contribution in [0.15, 0.2) is 18.3 Å². The molecule has 2 rings (SSSR count). The van der Waals surface area contributed by atoms with Gasteiger partial charge in [0.15, 0.2) is 0 Å². The van der Waals surface area contributed by atoms with Crippen molar-refractivity contribution in [1.82, 2.24) is 9.88 Å². The van der Waals surface area contributed by atoms with Gasteiger partial charge in [-0.15, -0.1) is 0 Å². The van der Waals surface area contributed by atoms with Crippen LogP contribution in [0.25, 0.3) is 0 Å². The molecule has 0 radical (unpaired) electrons. The number of rotatable bonds is 1. The first-order chi connectivity index (χ1) is 11.6. The molecule has 1 saturated heterocycles. The van der Waals surface area contributed by atoms with Crippen molar-refractivity contribution in [3.63, 3.8) is 0 Å². The lowest BCUT2D eigenvalue weighted by Crippen LogP contribution is -2.50. The standard InChI is InChI=1S/C15H20F3N3O2.C2H6/c1-14(2,3)23-13(22)21-8-6-20(7-9-21)11-4-5-12(19-10-11)15(16,17)18;1-2/h4-5,10H,6-9H2,1-3H3;1-2H3. The fourth-order valence-electron chi connectivity index (χ4n) is 2.21. The number of pyridine rings is 1. The van der Waals surface area contributed by atoms with Crippen molar-refractivity contribution in [3.05, 3.63) is 24.0 Å². The highest BCUT2D eigenvalue weighted by atomic mass is 19.4. The minimum atomic E-state index is -4.44. The molecule has 25 heavy (non-hydrogen) atoms. The summed E-state index contributed by atoms with van der Waals surface area (Å²) in [6.45, 7) is 11.4. The van der Waals surface area contributed by atoms with Gasteiger partial charge in [-0.2, -0.15) is 13.2 Å². The maximum Gasteiger partial charge on any atom is 0.433 e. The number of alkyl halides is 3. The fourth-order valence-corrected chi connectivity index (χ4v) is 2.21. The average molecular weight is 361 g/mol. The van der Waals surface area contributed by atoms with Gasteiger partial charge in [0.25, 0.3) is 0 Å². The van der Waals surface area contributed by atoms with Gasteiger partial charge < -0.3 is 14.5 Å². The minimum Gasteiger partial charge on any atom is -0.444 e. The first kappa shape index (κ1) is 21.1. The zero-order valence-electron chi connectivity index (χ0n) is 15.4. The number of hydrogen-bond donors (Lipinski definition) is 0. The van der Waals surface area contributed by atoms with Crippen LogP contribution in [0.4, 0.5) is 23.7 Å². The molecular weight excluding hydrogens is 335 g/mol. The summed E-state index contributed by atoms with van der Waals surface area (Å²) in [5, 5.41) is 0. The summed E-state index contributed by atoms with van der Waals surface area (Å²) >= 11 is 0. The predicted octanol–water partition coefficient (Wildman–Crippen LogP) is 4.18. The Morgan fingerprint density at radius 1 is 1.08 bits per heavy atom. The minimum absolute atomic E-state index is 0.373. The highest BCUT2D eigenvalue weighted by Gasteiger charge is 2.32. The number of aromatic nitrogens is 1. The largest absolute Gasteiger partial charge is 0.444 e. The van der Waals surface area contributed by atoms with Gasteiger partial charge in [0.2, 0.25) is 0 Å². The topological polar surface area (TPSA) is 45.7 Å². The Morgan fingerprint density at radius 2 is 1.64 bits per heavy atom. The Labute approximate surface area is 146 Å². The average Bonchev–Trinajstić information content (AvgIpc) is 2.55. The van der Waals surface area contributed by atoms with Crippen molar-refractivity contribution in [2.24, 2.45) is 0 Å². The zero-order valence-corrected chi connectivity index (χ0v) is 15.4. The number of halogens is 3. The molecule has 0 aliphatic carbocycles. The van der Waals surface area contributed by atoms with Crippen molar-refractivity contribution in [3.8, 4) is 0 Å². The number of nitrogens with zero attached hydrogens (tertiary/aromatic N) is 3. The van der Waals surface area contributed by atoms with Crippen LogP contribution in [-0.2, 0) is 10.9 Å². The Kier molecular flexibility index (Phi) is 7.07. The van der Waals surface area contributed by atoms with E-state index in [2.05, 4.69) is 4.98 Å². The molecule has 1 aliphatic heterocycles. The van der Waals surface area contributed by atoms with Crippen LogP contribution in [0.3, 0.4) is 0 Å². The molecule has 0 N–H and O–H groups in total. The highest BCUT2D eigenvalue weighted by molar-refractivity contribution is 5.68. The maximum atomic E-state index is 12.5. The number of ether oxygens (including phenoxy) is 1. The summed E-state index contributed by atoms with van der Waals surface area (Å²) in [5.41, 5.74) is -0.846. The van der Waals surface area contributed by atoms with E-state index in [1.54, 1.807) is 25.7 Å². The summed E-state index contributed by atoms with van der Waals surface area (Å²) in [4.78, 5) is 18.9. The van der Waals surface area contributed by atoms with Crippen molar-refractivity contribution >= 4 is 11.8 Å². The molecule has 0 atom stereocenters. The second kappa shape index (κ2) is 8.40. The molecule has 0 spiro atoms. The Balaban J connectivity index is 0.00000151. The van der Waals surface area contributed by atoms with Gasteiger partial charge >= 0.3 is 12.3 Å². The highest BCUT2D eigenvalue weighted by Crippen LogP contribution is 2.28. The van der Waals surface area contributed by atoms with Crippen molar-refractivity contribution < 1.29 is 22.7 Å². The van der Waals surface area contributed by atoms with Gasteiger partial charge in [0, 0.05) is 26.2 Å². The molecule has 0 bridgehead atoms. The molecule has 0 aromatic carbocycles. The van der Waals surface area contributed by atoms with Gasteiger partial charge in [-0.3, -0.25) is 0 Å². The van der Waals surface area contributed by atoms with Crippen molar-refractivity contribution in [2.45, 2.75) is 46.4 Å². The third kappa shape index (κ3) is 6.43. The quantitative estimate of drug-likeness (QED) is 0.753. The second-order valence-electron chi connectivity index (χ2n) is 6.35. The van der Waals surface area contributed by atoms with Gasteiger partial charge in [-0.25, -0.2) is 9.78 Å². The van der Waals surface area contributed by atoms with Gasteiger partial charge in [0.05, 0.1) is 11.9 Å². The molecule has 1 amide bonds.